The Hall–Kier alpha value is -3.18. The van der Waals surface area contributed by atoms with E-state index in [0.717, 1.165) is 20.8 Å². The van der Waals surface area contributed by atoms with Crippen molar-refractivity contribution in [3.8, 4) is 0 Å². The number of carbonyl (C=O) groups excluding carboxylic acids is 4. The Bertz CT molecular complexity index is 809. The predicted octanol–water partition coefficient (Wildman–Crippen LogP) is 1.27. The van der Waals surface area contributed by atoms with E-state index in [1.165, 1.54) is 6.92 Å². The molecule has 1 amide bonds. The molecule has 11 heteroatoms. The fourth-order valence-corrected chi connectivity index (χ4v) is 3.01. The van der Waals surface area contributed by atoms with Crippen molar-refractivity contribution < 1.29 is 48.0 Å². The quantitative estimate of drug-likeness (QED) is 0.490. The molecule has 0 saturated carbocycles. The minimum atomic E-state index is -1.45. The summed E-state index contributed by atoms with van der Waals surface area (Å²) in [4.78, 5) is 47.1. The second kappa shape index (κ2) is 10.7. The van der Waals surface area contributed by atoms with E-state index in [-0.39, 0.29) is 6.61 Å². The van der Waals surface area contributed by atoms with E-state index in [1.54, 1.807) is 24.3 Å². The molecule has 170 valence electrons. The zero-order chi connectivity index (χ0) is 23.1. The lowest BCUT2D eigenvalue weighted by molar-refractivity contribution is -0.285. The van der Waals surface area contributed by atoms with Gasteiger partial charge >= 0.3 is 24.0 Å². The Labute approximate surface area is 178 Å². The third-order valence-corrected chi connectivity index (χ3v) is 4.24. The molecule has 31 heavy (non-hydrogen) atoms. The van der Waals surface area contributed by atoms with Gasteiger partial charge in [0.25, 0.3) is 0 Å². The van der Waals surface area contributed by atoms with Gasteiger partial charge in [-0.3, -0.25) is 19.7 Å². The number of ether oxygens (including phenoxy) is 5. The maximum Gasteiger partial charge on any atom is 0.414 e. The molecule has 1 aliphatic rings. The van der Waals surface area contributed by atoms with Crippen LogP contribution in [0.5, 0.6) is 0 Å². The van der Waals surface area contributed by atoms with Crippen LogP contribution in [-0.2, 0) is 44.7 Å². The van der Waals surface area contributed by atoms with E-state index >= 15 is 0 Å². The first kappa shape index (κ1) is 24.1. The molecule has 1 heterocycles. The van der Waals surface area contributed by atoms with Gasteiger partial charge in [-0.1, -0.05) is 12.1 Å². The molecule has 0 radical (unpaired) electrons. The molecule has 5 unspecified atom stereocenters. The molecule has 0 aliphatic carbocycles. The third kappa shape index (κ3) is 6.93. The molecule has 0 bridgehead atoms. The second-order valence-electron chi connectivity index (χ2n) is 6.82. The van der Waals surface area contributed by atoms with Gasteiger partial charge in [-0.15, -0.1) is 0 Å². The molecule has 2 N–H and O–H groups in total. The number of aliphatic hydroxyl groups excluding tert-OH is 1. The van der Waals surface area contributed by atoms with Crippen LogP contribution in [0.3, 0.4) is 0 Å². The summed E-state index contributed by atoms with van der Waals surface area (Å²) in [6, 6.07) is 6.33. The number of benzene rings is 1. The normalized spacial score (nSPS) is 25.1. The summed E-state index contributed by atoms with van der Waals surface area (Å²) < 4.78 is 26.5. The molecule has 1 aliphatic heterocycles. The minimum Gasteiger partial charge on any atom is -0.456 e. The molecular weight excluding hydrogens is 414 g/mol. The van der Waals surface area contributed by atoms with Crippen LogP contribution in [0, 0.1) is 0 Å². The summed E-state index contributed by atoms with van der Waals surface area (Å²) in [5.74, 6) is -2.14. The Kier molecular flexibility index (Phi) is 8.34. The van der Waals surface area contributed by atoms with E-state index in [1.807, 2.05) is 0 Å². The van der Waals surface area contributed by atoms with E-state index < -0.39 is 54.7 Å². The molecule has 11 nitrogen and oxygen atoms in total. The van der Waals surface area contributed by atoms with Crippen molar-refractivity contribution in [2.24, 2.45) is 0 Å². The summed E-state index contributed by atoms with van der Waals surface area (Å²) in [6.45, 7) is 4.79. The van der Waals surface area contributed by atoms with Crippen molar-refractivity contribution in [1.82, 2.24) is 0 Å². The van der Waals surface area contributed by atoms with Gasteiger partial charge in [-0.25, -0.2) is 4.79 Å². The SMILES string of the molecule is CC(=O)OC1C(C)OC(OC(=O)Nc2ccc(CO)cc2)C(OC(C)=O)C1OC(C)=O. The number of nitrogens with one attached hydrogen (secondary N) is 1. The topological polar surface area (TPSA) is 147 Å². The fraction of sp³-hybridized carbons (Fsp3) is 0.500. The number of aliphatic hydroxyl groups is 1. The lowest BCUT2D eigenvalue weighted by Crippen LogP contribution is -2.61. The summed E-state index contributed by atoms with van der Waals surface area (Å²) in [5, 5.41) is 11.6. The summed E-state index contributed by atoms with van der Waals surface area (Å²) in [5.41, 5.74) is 1.03. The largest absolute Gasteiger partial charge is 0.456 e. The average Bonchev–Trinajstić information content (AvgIpc) is 2.67. The van der Waals surface area contributed by atoms with Gasteiger partial charge in [0.1, 0.15) is 0 Å². The van der Waals surface area contributed by atoms with Gasteiger partial charge in [0.2, 0.25) is 12.4 Å². The van der Waals surface area contributed by atoms with Gasteiger partial charge < -0.3 is 28.8 Å². The van der Waals surface area contributed by atoms with Crippen molar-refractivity contribution in [2.45, 2.75) is 65.0 Å². The molecule has 1 aromatic carbocycles. The molecule has 2 rings (SSSR count). The van der Waals surface area contributed by atoms with Crippen LogP contribution >= 0.6 is 0 Å². The first-order valence-electron chi connectivity index (χ1n) is 9.45. The maximum atomic E-state index is 12.4. The Morgan fingerprint density at radius 2 is 1.39 bits per heavy atom. The molecule has 0 aromatic heterocycles. The first-order valence-corrected chi connectivity index (χ1v) is 9.45. The monoisotopic (exact) mass is 439 g/mol. The van der Waals surface area contributed by atoms with Gasteiger partial charge in [0.05, 0.1) is 12.7 Å². The van der Waals surface area contributed by atoms with Crippen LogP contribution in [0.2, 0.25) is 0 Å². The highest BCUT2D eigenvalue weighted by molar-refractivity contribution is 5.84. The zero-order valence-electron chi connectivity index (χ0n) is 17.5. The van der Waals surface area contributed by atoms with E-state index in [9.17, 15) is 19.2 Å². The summed E-state index contributed by atoms with van der Waals surface area (Å²) in [7, 11) is 0. The van der Waals surface area contributed by atoms with Crippen LogP contribution in [-0.4, -0.2) is 59.8 Å². The standard InChI is InChI=1S/C20H25NO10/c1-10-16(28-11(2)23)17(29-12(3)24)18(30-13(4)25)19(27-10)31-20(26)21-15-7-5-14(9-22)6-8-15/h5-8,10,16-19,22H,9H2,1-4H3,(H,21,26). The highest BCUT2D eigenvalue weighted by atomic mass is 16.7. The maximum absolute atomic E-state index is 12.4. The zero-order valence-corrected chi connectivity index (χ0v) is 17.5. The van der Waals surface area contributed by atoms with Crippen molar-refractivity contribution >= 4 is 29.7 Å². The molecule has 1 saturated heterocycles. The van der Waals surface area contributed by atoms with Crippen molar-refractivity contribution in [3.05, 3.63) is 29.8 Å². The smallest absolute Gasteiger partial charge is 0.414 e. The number of anilines is 1. The van der Waals surface area contributed by atoms with Crippen molar-refractivity contribution in [3.63, 3.8) is 0 Å². The Morgan fingerprint density at radius 3 is 1.90 bits per heavy atom. The number of esters is 3. The Morgan fingerprint density at radius 1 is 0.871 bits per heavy atom. The van der Waals surface area contributed by atoms with Crippen LogP contribution in [0.25, 0.3) is 0 Å². The fourth-order valence-electron chi connectivity index (χ4n) is 3.01. The number of hydrogen-bond donors (Lipinski definition) is 2. The van der Waals surface area contributed by atoms with Crippen molar-refractivity contribution in [2.75, 3.05) is 5.32 Å². The molecule has 5 atom stereocenters. The average molecular weight is 439 g/mol. The first-order chi connectivity index (χ1) is 14.6. The lowest BCUT2D eigenvalue weighted by atomic mass is 9.99. The Balaban J connectivity index is 2.21. The van der Waals surface area contributed by atoms with Crippen LogP contribution in [0.1, 0.15) is 33.3 Å². The van der Waals surface area contributed by atoms with E-state index in [0.29, 0.717) is 11.3 Å². The molecule has 1 fully saturated rings. The van der Waals surface area contributed by atoms with Gasteiger partial charge in [0, 0.05) is 26.5 Å². The van der Waals surface area contributed by atoms with Crippen molar-refractivity contribution in [1.29, 1.82) is 0 Å². The highest BCUT2D eigenvalue weighted by Crippen LogP contribution is 2.29. The minimum absolute atomic E-state index is 0.149. The number of carbonyl (C=O) groups is 4. The third-order valence-electron chi connectivity index (χ3n) is 4.24. The van der Waals surface area contributed by atoms with Crippen LogP contribution in [0.15, 0.2) is 24.3 Å². The lowest BCUT2D eigenvalue weighted by Gasteiger charge is -2.42. The summed E-state index contributed by atoms with van der Waals surface area (Å²) in [6.07, 6.45) is -6.99. The van der Waals surface area contributed by atoms with Gasteiger partial charge in [0.15, 0.2) is 12.2 Å². The molecule has 1 aromatic rings. The number of rotatable bonds is 6. The van der Waals surface area contributed by atoms with Gasteiger partial charge in [-0.2, -0.15) is 0 Å². The number of hydrogen-bond acceptors (Lipinski definition) is 10. The van der Waals surface area contributed by atoms with E-state index in [4.69, 9.17) is 28.8 Å². The van der Waals surface area contributed by atoms with Gasteiger partial charge in [-0.05, 0) is 24.6 Å². The number of amides is 1. The van der Waals surface area contributed by atoms with E-state index in [2.05, 4.69) is 5.32 Å². The summed E-state index contributed by atoms with van der Waals surface area (Å²) >= 11 is 0. The highest BCUT2D eigenvalue weighted by Gasteiger charge is 2.52. The second-order valence-corrected chi connectivity index (χ2v) is 6.82. The van der Waals surface area contributed by atoms with Crippen LogP contribution in [0.4, 0.5) is 10.5 Å². The molecule has 0 spiro atoms. The predicted molar refractivity (Wildman–Crippen MR) is 103 cm³/mol. The molecular formula is C20H25NO10. The van der Waals surface area contributed by atoms with Crippen LogP contribution < -0.4 is 5.32 Å².